The van der Waals surface area contributed by atoms with Crippen LogP contribution in [-0.4, -0.2) is 16.0 Å². The molecule has 0 atom stereocenters. The summed E-state index contributed by atoms with van der Waals surface area (Å²) in [5.74, 6) is -0.379. The molecule has 0 unspecified atom stereocenters. The predicted octanol–water partition coefficient (Wildman–Crippen LogP) is 3.85. The van der Waals surface area contributed by atoms with Crippen LogP contribution in [0, 0.1) is 10.1 Å². The lowest BCUT2D eigenvalue weighted by Crippen LogP contribution is -1.97. The van der Waals surface area contributed by atoms with Crippen molar-refractivity contribution in [2.45, 2.75) is 0 Å². The van der Waals surface area contributed by atoms with E-state index in [4.69, 9.17) is 9.84 Å². The molecule has 0 spiro atoms. The number of nitro benzene ring substituents is 1. The average Bonchev–Trinajstić information content (AvgIpc) is 2.38. The Morgan fingerprint density at radius 2 is 1.90 bits per heavy atom. The summed E-state index contributed by atoms with van der Waals surface area (Å²) in [5.41, 5.74) is 0.0279. The van der Waals surface area contributed by atoms with Crippen LogP contribution in [0.3, 0.4) is 0 Å². The highest BCUT2D eigenvalue weighted by molar-refractivity contribution is 9.10. The van der Waals surface area contributed by atoms with Crippen molar-refractivity contribution in [3.63, 3.8) is 0 Å². The number of aromatic carboxylic acids is 1. The van der Waals surface area contributed by atoms with Crippen LogP contribution in [0.2, 0.25) is 0 Å². The molecule has 2 rings (SSSR count). The number of halogens is 1. The Morgan fingerprint density at radius 1 is 1.20 bits per heavy atom. The Bertz CT molecular complexity index is 686. The number of carboxylic acids is 1. The molecule has 7 heteroatoms. The molecule has 0 fully saturated rings. The molecule has 0 heterocycles. The molecule has 0 radical (unpaired) electrons. The molecular formula is C13H8BrNO5. The maximum absolute atomic E-state index is 10.9. The summed E-state index contributed by atoms with van der Waals surface area (Å²) in [4.78, 5) is 21.0. The van der Waals surface area contributed by atoms with Gasteiger partial charge in [0.15, 0.2) is 0 Å². The zero-order valence-corrected chi connectivity index (χ0v) is 11.5. The van der Waals surface area contributed by atoms with Crippen LogP contribution in [0.1, 0.15) is 10.4 Å². The molecule has 0 bridgehead atoms. The van der Waals surface area contributed by atoms with Crippen molar-refractivity contribution in [2.75, 3.05) is 0 Å². The van der Waals surface area contributed by atoms with Crippen LogP contribution in [0.25, 0.3) is 0 Å². The minimum atomic E-state index is -1.06. The van der Waals surface area contributed by atoms with Gasteiger partial charge in [-0.3, -0.25) is 10.1 Å². The molecule has 20 heavy (non-hydrogen) atoms. The zero-order valence-electron chi connectivity index (χ0n) is 9.95. The van der Waals surface area contributed by atoms with E-state index in [1.807, 2.05) is 0 Å². The van der Waals surface area contributed by atoms with E-state index in [1.54, 1.807) is 6.07 Å². The summed E-state index contributed by atoms with van der Waals surface area (Å²) in [5, 5.41) is 19.6. The van der Waals surface area contributed by atoms with Crippen molar-refractivity contribution < 1.29 is 19.6 Å². The topological polar surface area (TPSA) is 89.7 Å². The lowest BCUT2D eigenvalue weighted by Gasteiger charge is -2.07. The third-order valence-electron chi connectivity index (χ3n) is 2.44. The summed E-state index contributed by atoms with van der Waals surface area (Å²) in [6, 6.07) is 10.1. The van der Waals surface area contributed by atoms with Gasteiger partial charge >= 0.3 is 5.97 Å². The highest BCUT2D eigenvalue weighted by Gasteiger charge is 2.11. The van der Waals surface area contributed by atoms with Crippen molar-refractivity contribution in [1.29, 1.82) is 0 Å². The Balaban J connectivity index is 2.26. The molecule has 0 aliphatic carbocycles. The van der Waals surface area contributed by atoms with Crippen LogP contribution in [0.15, 0.2) is 46.9 Å². The molecule has 0 aliphatic rings. The smallest absolute Gasteiger partial charge is 0.336 e. The number of hydrogen-bond donors (Lipinski definition) is 1. The van der Waals surface area contributed by atoms with E-state index in [9.17, 15) is 14.9 Å². The molecule has 2 aromatic rings. The fourth-order valence-electron chi connectivity index (χ4n) is 1.53. The predicted molar refractivity (Wildman–Crippen MR) is 74.3 cm³/mol. The molecule has 0 amide bonds. The standard InChI is InChI=1S/C13H8BrNO5/c14-12-7-10(4-5-11(12)13(16)17)20-9-3-1-2-8(6-9)15(18)19/h1-7H,(H,16,17). The van der Waals surface area contributed by atoms with Gasteiger partial charge in [-0.25, -0.2) is 4.79 Å². The van der Waals surface area contributed by atoms with Crippen molar-refractivity contribution in [3.05, 3.63) is 62.6 Å². The van der Waals surface area contributed by atoms with Crippen LogP contribution in [0.5, 0.6) is 11.5 Å². The summed E-state index contributed by atoms with van der Waals surface area (Å²) in [7, 11) is 0. The fourth-order valence-corrected chi connectivity index (χ4v) is 2.06. The molecule has 2 aromatic carbocycles. The van der Waals surface area contributed by atoms with Crippen LogP contribution in [-0.2, 0) is 0 Å². The number of ether oxygens (including phenoxy) is 1. The third-order valence-corrected chi connectivity index (χ3v) is 3.09. The number of carboxylic acid groups (broad SMARTS) is 1. The minimum Gasteiger partial charge on any atom is -0.478 e. The fraction of sp³-hybridized carbons (Fsp3) is 0. The Morgan fingerprint density at radius 3 is 2.50 bits per heavy atom. The summed E-state index contributed by atoms with van der Waals surface area (Å²) in [6.07, 6.45) is 0. The van der Waals surface area contributed by atoms with Gasteiger partial charge in [0, 0.05) is 10.5 Å². The summed E-state index contributed by atoms with van der Waals surface area (Å²) < 4.78 is 5.83. The molecule has 1 N–H and O–H groups in total. The van der Waals surface area contributed by atoms with Gasteiger partial charge in [0.25, 0.3) is 5.69 Å². The number of nitrogens with zero attached hydrogens (tertiary/aromatic N) is 1. The van der Waals surface area contributed by atoms with Crippen molar-refractivity contribution in [3.8, 4) is 11.5 Å². The number of rotatable bonds is 4. The highest BCUT2D eigenvalue weighted by Crippen LogP contribution is 2.28. The van der Waals surface area contributed by atoms with E-state index in [-0.39, 0.29) is 11.3 Å². The van der Waals surface area contributed by atoms with E-state index in [1.165, 1.54) is 36.4 Å². The second kappa shape index (κ2) is 5.70. The SMILES string of the molecule is O=C(O)c1ccc(Oc2cccc([N+](=O)[O-])c2)cc1Br. The van der Waals surface area contributed by atoms with Crippen LogP contribution < -0.4 is 4.74 Å². The first-order chi connectivity index (χ1) is 9.47. The molecule has 0 aromatic heterocycles. The van der Waals surface area contributed by atoms with E-state index in [0.29, 0.717) is 16.0 Å². The first-order valence-corrected chi connectivity index (χ1v) is 6.22. The molecule has 102 valence electrons. The van der Waals surface area contributed by atoms with Crippen molar-refractivity contribution in [1.82, 2.24) is 0 Å². The second-order valence-electron chi connectivity index (χ2n) is 3.80. The van der Waals surface area contributed by atoms with Gasteiger partial charge in [-0.15, -0.1) is 0 Å². The highest BCUT2D eigenvalue weighted by atomic mass is 79.9. The van der Waals surface area contributed by atoms with Gasteiger partial charge < -0.3 is 9.84 Å². The first-order valence-electron chi connectivity index (χ1n) is 5.42. The number of non-ortho nitro benzene ring substituents is 1. The quantitative estimate of drug-likeness (QED) is 0.676. The van der Waals surface area contributed by atoms with Gasteiger partial charge in [-0.1, -0.05) is 6.07 Å². The molecule has 0 aliphatic heterocycles. The monoisotopic (exact) mass is 337 g/mol. The van der Waals surface area contributed by atoms with Crippen molar-refractivity contribution >= 4 is 27.6 Å². The second-order valence-corrected chi connectivity index (χ2v) is 4.66. The van der Waals surface area contributed by atoms with Gasteiger partial charge in [-0.05, 0) is 40.2 Å². The van der Waals surface area contributed by atoms with E-state index >= 15 is 0 Å². The third kappa shape index (κ3) is 3.12. The molecule has 6 nitrogen and oxygen atoms in total. The number of nitro groups is 1. The van der Waals surface area contributed by atoms with Crippen LogP contribution >= 0.6 is 15.9 Å². The number of benzene rings is 2. The molecule has 0 saturated heterocycles. The van der Waals surface area contributed by atoms with Gasteiger partial charge in [0.05, 0.1) is 16.6 Å². The zero-order chi connectivity index (χ0) is 14.7. The Labute approximate surface area is 121 Å². The van der Waals surface area contributed by atoms with Gasteiger partial charge in [0.2, 0.25) is 0 Å². The minimum absolute atomic E-state index is 0.0799. The van der Waals surface area contributed by atoms with E-state index in [2.05, 4.69) is 15.9 Å². The largest absolute Gasteiger partial charge is 0.478 e. The van der Waals surface area contributed by atoms with Gasteiger partial charge in [0.1, 0.15) is 11.5 Å². The van der Waals surface area contributed by atoms with E-state index in [0.717, 1.165) is 0 Å². The number of hydrogen-bond acceptors (Lipinski definition) is 4. The van der Waals surface area contributed by atoms with E-state index < -0.39 is 10.9 Å². The lowest BCUT2D eigenvalue weighted by atomic mass is 10.2. The average molecular weight is 338 g/mol. The van der Waals surface area contributed by atoms with Gasteiger partial charge in [-0.2, -0.15) is 0 Å². The first kappa shape index (κ1) is 14.0. The van der Waals surface area contributed by atoms with Crippen LogP contribution in [0.4, 0.5) is 5.69 Å². The molecular weight excluding hydrogens is 330 g/mol. The maximum Gasteiger partial charge on any atom is 0.336 e. The lowest BCUT2D eigenvalue weighted by molar-refractivity contribution is -0.384. The Kier molecular flexibility index (Phi) is 3.99. The van der Waals surface area contributed by atoms with Crippen molar-refractivity contribution in [2.24, 2.45) is 0 Å². The summed E-state index contributed by atoms with van der Waals surface area (Å²) in [6.45, 7) is 0. The summed E-state index contributed by atoms with van der Waals surface area (Å²) >= 11 is 3.13. The maximum atomic E-state index is 10.9. The normalized spacial score (nSPS) is 10.1. The molecule has 0 saturated carbocycles. The Hall–Kier alpha value is -2.41. The number of carbonyl (C=O) groups is 1.